The molecule has 28 heavy (non-hydrogen) atoms. The molecule has 7 heteroatoms. The highest BCUT2D eigenvalue weighted by molar-refractivity contribution is 5.81. The molecule has 0 spiro atoms. The highest BCUT2D eigenvalue weighted by Gasteiger charge is 2.37. The van der Waals surface area contributed by atoms with Crippen molar-refractivity contribution in [2.45, 2.75) is 64.6 Å². The fraction of sp³-hybridized carbons (Fsp3) is 0.762. The van der Waals surface area contributed by atoms with Crippen molar-refractivity contribution in [1.82, 2.24) is 24.7 Å². The molecule has 0 aromatic carbocycles. The van der Waals surface area contributed by atoms with E-state index in [1.165, 1.54) is 0 Å². The summed E-state index contributed by atoms with van der Waals surface area (Å²) < 4.78 is 2.06. The lowest BCUT2D eigenvalue weighted by Crippen LogP contribution is -2.51. The summed E-state index contributed by atoms with van der Waals surface area (Å²) in [5, 5.41) is 3.12. The maximum atomic E-state index is 12.7. The van der Waals surface area contributed by atoms with Gasteiger partial charge in [0.1, 0.15) is 0 Å². The van der Waals surface area contributed by atoms with Gasteiger partial charge in [-0.3, -0.25) is 14.5 Å². The number of imidazole rings is 1. The fourth-order valence-corrected chi connectivity index (χ4v) is 4.69. The zero-order chi connectivity index (χ0) is 19.5. The quantitative estimate of drug-likeness (QED) is 0.805. The summed E-state index contributed by atoms with van der Waals surface area (Å²) in [6, 6.07) is 0.514. The van der Waals surface area contributed by atoms with E-state index in [9.17, 15) is 9.59 Å². The molecule has 3 fully saturated rings. The molecule has 0 radical (unpaired) electrons. The van der Waals surface area contributed by atoms with Crippen LogP contribution < -0.4 is 5.32 Å². The Hall–Kier alpha value is -1.89. The normalized spacial score (nSPS) is 24.3. The van der Waals surface area contributed by atoms with Gasteiger partial charge in [0.2, 0.25) is 11.8 Å². The van der Waals surface area contributed by atoms with Crippen LogP contribution in [-0.2, 0) is 22.7 Å². The lowest BCUT2D eigenvalue weighted by atomic mass is 9.93. The molecule has 1 unspecified atom stereocenters. The topological polar surface area (TPSA) is 70.5 Å². The van der Waals surface area contributed by atoms with Crippen LogP contribution >= 0.6 is 0 Å². The predicted octanol–water partition coefficient (Wildman–Crippen LogP) is 1.63. The van der Waals surface area contributed by atoms with Gasteiger partial charge < -0.3 is 14.8 Å². The predicted molar refractivity (Wildman–Crippen MR) is 106 cm³/mol. The van der Waals surface area contributed by atoms with E-state index < -0.39 is 0 Å². The van der Waals surface area contributed by atoms with Crippen molar-refractivity contribution >= 4 is 11.8 Å². The lowest BCUT2D eigenvalue weighted by Gasteiger charge is -2.42. The highest BCUT2D eigenvalue weighted by atomic mass is 16.2. The first-order valence-corrected chi connectivity index (χ1v) is 10.9. The van der Waals surface area contributed by atoms with E-state index in [0.717, 1.165) is 76.9 Å². The van der Waals surface area contributed by atoms with Crippen LogP contribution in [-0.4, -0.2) is 63.4 Å². The number of rotatable bonds is 6. The molecular weight excluding hydrogens is 354 g/mol. The third-order valence-corrected chi connectivity index (χ3v) is 6.63. The van der Waals surface area contributed by atoms with E-state index in [1.807, 2.05) is 12.5 Å². The third-order valence-electron chi connectivity index (χ3n) is 6.63. The highest BCUT2D eigenvalue weighted by Crippen LogP contribution is 2.32. The molecule has 3 aliphatic rings. The lowest BCUT2D eigenvalue weighted by molar-refractivity contribution is -0.134. The summed E-state index contributed by atoms with van der Waals surface area (Å²) in [5.74, 6) is 0.928. The monoisotopic (exact) mass is 387 g/mol. The van der Waals surface area contributed by atoms with Crippen LogP contribution in [0.25, 0.3) is 0 Å². The average molecular weight is 388 g/mol. The van der Waals surface area contributed by atoms with Crippen LogP contribution in [0, 0.1) is 11.8 Å². The largest absolute Gasteiger partial charge is 0.350 e. The molecule has 1 aromatic rings. The van der Waals surface area contributed by atoms with Gasteiger partial charge in [0, 0.05) is 44.3 Å². The van der Waals surface area contributed by atoms with Crippen molar-refractivity contribution < 1.29 is 9.59 Å². The van der Waals surface area contributed by atoms with Gasteiger partial charge in [-0.2, -0.15) is 0 Å². The van der Waals surface area contributed by atoms with E-state index in [1.54, 1.807) is 0 Å². The summed E-state index contributed by atoms with van der Waals surface area (Å²) in [5.41, 5.74) is 1.05. The Morgan fingerprint density at radius 1 is 1.11 bits per heavy atom. The second-order valence-electron chi connectivity index (χ2n) is 8.55. The number of carbonyl (C=O) groups excluding carboxylic acids is 2. The number of aryl methyl sites for hydroxylation is 1. The number of piperidine rings is 2. The number of aromatic nitrogens is 2. The molecule has 2 amide bonds. The average Bonchev–Trinajstić information content (AvgIpc) is 3.50. The van der Waals surface area contributed by atoms with Gasteiger partial charge in [0.15, 0.2) is 0 Å². The minimum atomic E-state index is 0.0675. The van der Waals surface area contributed by atoms with Crippen LogP contribution in [0.1, 0.15) is 51.1 Å². The van der Waals surface area contributed by atoms with Gasteiger partial charge in [-0.05, 0) is 52.0 Å². The van der Waals surface area contributed by atoms with Gasteiger partial charge >= 0.3 is 0 Å². The van der Waals surface area contributed by atoms with Crippen molar-refractivity contribution in [2.75, 3.05) is 26.2 Å². The van der Waals surface area contributed by atoms with Gasteiger partial charge in [-0.1, -0.05) is 0 Å². The standard InChI is InChI=1S/C21H33N5O2/c1-2-24-15-22-12-19(24)13-23-20(27)17-4-3-9-26(14-17)18-7-10-25(11-8-18)21(28)16-5-6-16/h12,15-18H,2-11,13-14H2,1H3,(H,23,27). The van der Waals surface area contributed by atoms with Crippen LogP contribution in [0.2, 0.25) is 0 Å². The molecule has 3 heterocycles. The fourth-order valence-electron chi connectivity index (χ4n) is 4.69. The molecule has 1 atom stereocenters. The molecule has 1 aromatic heterocycles. The van der Waals surface area contributed by atoms with E-state index in [2.05, 4.69) is 31.6 Å². The molecule has 154 valence electrons. The van der Waals surface area contributed by atoms with Crippen molar-refractivity contribution in [3.8, 4) is 0 Å². The Bertz CT molecular complexity index is 691. The summed E-state index contributed by atoms with van der Waals surface area (Å²) >= 11 is 0. The second-order valence-corrected chi connectivity index (χ2v) is 8.55. The second kappa shape index (κ2) is 8.64. The molecule has 2 aliphatic heterocycles. The first-order chi connectivity index (χ1) is 13.7. The van der Waals surface area contributed by atoms with E-state index in [4.69, 9.17) is 0 Å². The van der Waals surface area contributed by atoms with Crippen molar-refractivity contribution in [1.29, 1.82) is 0 Å². The third kappa shape index (κ3) is 4.40. The van der Waals surface area contributed by atoms with Gasteiger partial charge in [-0.15, -0.1) is 0 Å². The smallest absolute Gasteiger partial charge is 0.225 e. The summed E-state index contributed by atoms with van der Waals surface area (Å²) in [7, 11) is 0. The molecule has 1 saturated carbocycles. The first-order valence-electron chi connectivity index (χ1n) is 10.9. The number of hydrogen-bond acceptors (Lipinski definition) is 4. The number of hydrogen-bond donors (Lipinski definition) is 1. The number of nitrogens with one attached hydrogen (secondary N) is 1. The van der Waals surface area contributed by atoms with E-state index >= 15 is 0 Å². The first kappa shape index (κ1) is 19.4. The number of amides is 2. The molecule has 0 bridgehead atoms. The van der Waals surface area contributed by atoms with Crippen LogP contribution in [0.4, 0.5) is 0 Å². The van der Waals surface area contributed by atoms with Crippen LogP contribution in [0.5, 0.6) is 0 Å². The van der Waals surface area contributed by atoms with E-state index in [-0.39, 0.29) is 11.8 Å². The van der Waals surface area contributed by atoms with Crippen molar-refractivity contribution in [3.63, 3.8) is 0 Å². The van der Waals surface area contributed by atoms with Crippen molar-refractivity contribution in [3.05, 3.63) is 18.2 Å². The van der Waals surface area contributed by atoms with Crippen LogP contribution in [0.15, 0.2) is 12.5 Å². The SMILES string of the molecule is CCn1cncc1CNC(=O)C1CCCN(C2CCN(C(=O)C3CC3)CC2)C1. The molecule has 2 saturated heterocycles. The molecule has 1 N–H and O–H groups in total. The summed E-state index contributed by atoms with van der Waals surface area (Å²) in [4.78, 5) is 33.7. The Kier molecular flexibility index (Phi) is 5.99. The minimum Gasteiger partial charge on any atom is -0.350 e. The van der Waals surface area contributed by atoms with Crippen LogP contribution in [0.3, 0.4) is 0 Å². The number of likely N-dealkylation sites (tertiary alicyclic amines) is 2. The maximum Gasteiger partial charge on any atom is 0.225 e. The van der Waals surface area contributed by atoms with Gasteiger partial charge in [0.05, 0.1) is 24.5 Å². The van der Waals surface area contributed by atoms with Gasteiger partial charge in [0.25, 0.3) is 0 Å². The minimum absolute atomic E-state index is 0.0675. The molecule has 4 rings (SSSR count). The maximum absolute atomic E-state index is 12.7. The summed E-state index contributed by atoms with van der Waals surface area (Å²) in [6.45, 7) is 7.18. The molecule has 1 aliphatic carbocycles. The zero-order valence-corrected chi connectivity index (χ0v) is 17.0. The van der Waals surface area contributed by atoms with E-state index in [0.29, 0.717) is 24.4 Å². The Labute approximate surface area is 167 Å². The zero-order valence-electron chi connectivity index (χ0n) is 17.0. The Balaban J connectivity index is 1.25. The Morgan fingerprint density at radius 3 is 2.61 bits per heavy atom. The number of nitrogens with zero attached hydrogens (tertiary/aromatic N) is 4. The Morgan fingerprint density at radius 2 is 1.89 bits per heavy atom. The molecule has 7 nitrogen and oxygen atoms in total. The summed E-state index contributed by atoms with van der Waals surface area (Å²) in [6.07, 6.45) is 9.94. The number of carbonyl (C=O) groups is 2. The van der Waals surface area contributed by atoms with Crippen molar-refractivity contribution in [2.24, 2.45) is 11.8 Å². The van der Waals surface area contributed by atoms with Gasteiger partial charge in [-0.25, -0.2) is 4.98 Å². The molecular formula is C21H33N5O2.